The number of hydrogen-bond acceptors (Lipinski definition) is 6. The number of hydrogen-bond donors (Lipinski definition) is 1. The Balaban J connectivity index is 1.60. The molecule has 0 aromatic heterocycles. The first-order valence-corrected chi connectivity index (χ1v) is 12.0. The summed E-state index contributed by atoms with van der Waals surface area (Å²) in [5.74, 6) is 0.932. The van der Waals surface area contributed by atoms with Crippen LogP contribution in [0.4, 0.5) is 0 Å². The molecule has 1 aliphatic carbocycles. The van der Waals surface area contributed by atoms with Crippen molar-refractivity contribution >= 4 is 5.91 Å². The molecule has 1 heterocycles. The van der Waals surface area contributed by atoms with Gasteiger partial charge in [-0.05, 0) is 56.8 Å². The molecule has 0 spiro atoms. The third kappa shape index (κ3) is 6.60. The first-order chi connectivity index (χ1) is 15.7. The van der Waals surface area contributed by atoms with Gasteiger partial charge in [0.2, 0.25) is 5.91 Å². The second-order valence-electron chi connectivity index (χ2n) is 8.63. The van der Waals surface area contributed by atoms with E-state index in [4.69, 9.17) is 14.2 Å². The standard InChI is InChI=1S/C25H37N3O4/c1-3-32-24-17-19(10-11-23(24)30-2)21-8-4-5-9-22(21)27-25(29)20(18-26)7-6-12-28-13-15-31-16-14-28/h10-11,17,20-22H,3-9,12-16H2,1-2H3,(H,27,29)/t20?,21-,22-/m1/s1. The van der Waals surface area contributed by atoms with Gasteiger partial charge in [-0.3, -0.25) is 9.69 Å². The number of ether oxygens (including phenoxy) is 3. The van der Waals surface area contributed by atoms with Gasteiger partial charge < -0.3 is 19.5 Å². The highest BCUT2D eigenvalue weighted by Crippen LogP contribution is 2.37. The minimum Gasteiger partial charge on any atom is -0.493 e. The molecule has 176 valence electrons. The summed E-state index contributed by atoms with van der Waals surface area (Å²) in [6.45, 7) is 6.82. The van der Waals surface area contributed by atoms with Crippen molar-refractivity contribution < 1.29 is 19.0 Å². The highest BCUT2D eigenvalue weighted by Gasteiger charge is 2.30. The lowest BCUT2D eigenvalue weighted by Crippen LogP contribution is -2.43. The normalized spacial score (nSPS) is 22.5. The van der Waals surface area contributed by atoms with Crippen LogP contribution in [0.1, 0.15) is 56.9 Å². The molecule has 3 atom stereocenters. The molecule has 1 unspecified atom stereocenters. The van der Waals surface area contributed by atoms with Gasteiger partial charge in [-0.15, -0.1) is 0 Å². The number of nitrogens with zero attached hydrogens (tertiary/aromatic N) is 2. The minimum absolute atomic E-state index is 0.0363. The molecule has 7 nitrogen and oxygen atoms in total. The van der Waals surface area contributed by atoms with Crippen molar-refractivity contribution in [1.82, 2.24) is 10.2 Å². The Hall–Kier alpha value is -2.30. The van der Waals surface area contributed by atoms with Gasteiger partial charge in [0, 0.05) is 25.0 Å². The fraction of sp³-hybridized carbons (Fsp3) is 0.680. The monoisotopic (exact) mass is 443 g/mol. The Bertz CT molecular complexity index is 773. The van der Waals surface area contributed by atoms with Crippen molar-refractivity contribution in [2.75, 3.05) is 46.6 Å². The van der Waals surface area contributed by atoms with Crippen LogP contribution in [0.3, 0.4) is 0 Å². The van der Waals surface area contributed by atoms with E-state index in [1.54, 1.807) is 7.11 Å². The van der Waals surface area contributed by atoms with Crippen LogP contribution in [0.5, 0.6) is 11.5 Å². The summed E-state index contributed by atoms with van der Waals surface area (Å²) in [5, 5.41) is 12.8. The smallest absolute Gasteiger partial charge is 0.237 e. The van der Waals surface area contributed by atoms with Crippen molar-refractivity contribution in [3.8, 4) is 17.6 Å². The molecule has 32 heavy (non-hydrogen) atoms. The Labute approximate surface area is 192 Å². The Morgan fingerprint density at radius 1 is 1.28 bits per heavy atom. The van der Waals surface area contributed by atoms with Gasteiger partial charge >= 0.3 is 0 Å². The van der Waals surface area contributed by atoms with E-state index in [-0.39, 0.29) is 17.9 Å². The second-order valence-corrected chi connectivity index (χ2v) is 8.63. The van der Waals surface area contributed by atoms with Gasteiger partial charge in [-0.1, -0.05) is 18.9 Å². The summed E-state index contributed by atoms with van der Waals surface area (Å²) in [6, 6.07) is 8.32. The lowest BCUT2D eigenvalue weighted by Gasteiger charge is -2.33. The fourth-order valence-corrected chi connectivity index (χ4v) is 4.78. The van der Waals surface area contributed by atoms with E-state index in [0.717, 1.165) is 82.0 Å². The van der Waals surface area contributed by atoms with E-state index in [9.17, 15) is 10.1 Å². The highest BCUT2D eigenvalue weighted by atomic mass is 16.5. The average molecular weight is 444 g/mol. The number of amides is 1. The first-order valence-electron chi connectivity index (χ1n) is 12.0. The van der Waals surface area contributed by atoms with Crippen LogP contribution >= 0.6 is 0 Å². The van der Waals surface area contributed by atoms with Crippen LogP contribution in [0.2, 0.25) is 0 Å². The molecule has 1 aliphatic heterocycles. The molecule has 0 radical (unpaired) electrons. The Morgan fingerprint density at radius 3 is 2.78 bits per heavy atom. The Morgan fingerprint density at radius 2 is 2.06 bits per heavy atom. The zero-order chi connectivity index (χ0) is 22.8. The van der Waals surface area contributed by atoms with Crippen LogP contribution in [-0.2, 0) is 9.53 Å². The van der Waals surface area contributed by atoms with E-state index in [0.29, 0.717) is 13.0 Å². The van der Waals surface area contributed by atoms with Crippen molar-refractivity contribution in [2.45, 2.75) is 57.4 Å². The molecule has 3 rings (SSSR count). The molecular formula is C25H37N3O4. The number of carbonyl (C=O) groups is 1. The molecule has 2 fully saturated rings. The van der Waals surface area contributed by atoms with Gasteiger partial charge in [0.1, 0.15) is 5.92 Å². The number of benzene rings is 1. The molecular weight excluding hydrogens is 406 g/mol. The predicted octanol–water partition coefficient (Wildman–Crippen LogP) is 3.49. The maximum absolute atomic E-state index is 13.0. The second kappa shape index (κ2) is 12.7. The lowest BCUT2D eigenvalue weighted by molar-refractivity contribution is -0.124. The van der Waals surface area contributed by atoms with Crippen LogP contribution < -0.4 is 14.8 Å². The number of methoxy groups -OCH3 is 1. The van der Waals surface area contributed by atoms with Gasteiger partial charge in [-0.2, -0.15) is 5.26 Å². The van der Waals surface area contributed by atoms with E-state index >= 15 is 0 Å². The third-order valence-electron chi connectivity index (χ3n) is 6.55. The first kappa shape index (κ1) is 24.3. The number of nitrogens with one attached hydrogen (secondary N) is 1. The zero-order valence-corrected chi connectivity index (χ0v) is 19.5. The molecule has 1 saturated heterocycles. The maximum Gasteiger partial charge on any atom is 0.237 e. The van der Waals surface area contributed by atoms with E-state index in [2.05, 4.69) is 22.4 Å². The molecule has 2 aliphatic rings. The van der Waals surface area contributed by atoms with Gasteiger partial charge in [0.25, 0.3) is 0 Å². The number of nitriles is 1. The van der Waals surface area contributed by atoms with Crippen molar-refractivity contribution in [1.29, 1.82) is 5.26 Å². The topological polar surface area (TPSA) is 83.8 Å². The van der Waals surface area contributed by atoms with Crippen LogP contribution in [0.15, 0.2) is 18.2 Å². The van der Waals surface area contributed by atoms with Crippen molar-refractivity contribution in [3.63, 3.8) is 0 Å². The summed E-state index contributed by atoms with van der Waals surface area (Å²) < 4.78 is 16.6. The summed E-state index contributed by atoms with van der Waals surface area (Å²) in [6.07, 6.45) is 5.60. The van der Waals surface area contributed by atoms with Crippen LogP contribution in [-0.4, -0.2) is 63.4 Å². The number of rotatable bonds is 10. The summed E-state index contributed by atoms with van der Waals surface area (Å²) in [5.41, 5.74) is 1.15. The van der Waals surface area contributed by atoms with Gasteiger partial charge in [-0.25, -0.2) is 0 Å². The number of morpholine rings is 1. The van der Waals surface area contributed by atoms with Gasteiger partial charge in [0.05, 0.1) is 33.0 Å². The largest absolute Gasteiger partial charge is 0.493 e. The third-order valence-corrected chi connectivity index (χ3v) is 6.55. The average Bonchev–Trinajstić information content (AvgIpc) is 2.83. The molecule has 1 aromatic rings. The Kier molecular flexibility index (Phi) is 9.63. The molecule has 1 amide bonds. The summed E-state index contributed by atoms with van der Waals surface area (Å²) in [4.78, 5) is 15.3. The predicted molar refractivity (Wildman–Crippen MR) is 123 cm³/mol. The van der Waals surface area contributed by atoms with Crippen molar-refractivity contribution in [3.05, 3.63) is 23.8 Å². The highest BCUT2D eigenvalue weighted by molar-refractivity contribution is 5.81. The fourth-order valence-electron chi connectivity index (χ4n) is 4.78. The van der Waals surface area contributed by atoms with E-state index in [1.807, 2.05) is 19.1 Å². The minimum atomic E-state index is -0.603. The summed E-state index contributed by atoms with van der Waals surface area (Å²) >= 11 is 0. The van der Waals surface area contributed by atoms with Crippen molar-refractivity contribution in [2.24, 2.45) is 5.92 Å². The zero-order valence-electron chi connectivity index (χ0n) is 19.5. The quantitative estimate of drug-likeness (QED) is 0.596. The molecule has 0 bridgehead atoms. The van der Waals surface area contributed by atoms with E-state index in [1.165, 1.54) is 0 Å². The number of carbonyl (C=O) groups excluding carboxylic acids is 1. The summed E-state index contributed by atoms with van der Waals surface area (Å²) in [7, 11) is 1.64. The molecule has 1 saturated carbocycles. The lowest BCUT2D eigenvalue weighted by atomic mass is 9.79. The SMILES string of the molecule is CCOc1cc([C@H]2CCCC[C@H]2NC(=O)C(C#N)CCCN2CCOCC2)ccc1OC. The molecule has 1 aromatic carbocycles. The molecule has 1 N–H and O–H groups in total. The molecule has 7 heteroatoms. The van der Waals surface area contributed by atoms with Crippen LogP contribution in [0.25, 0.3) is 0 Å². The van der Waals surface area contributed by atoms with E-state index < -0.39 is 5.92 Å². The van der Waals surface area contributed by atoms with Crippen LogP contribution in [0, 0.1) is 17.2 Å². The van der Waals surface area contributed by atoms with Gasteiger partial charge in [0.15, 0.2) is 11.5 Å². The maximum atomic E-state index is 13.0.